The van der Waals surface area contributed by atoms with E-state index >= 15 is 0 Å². The number of aromatic nitrogens is 2. The summed E-state index contributed by atoms with van der Waals surface area (Å²) in [6, 6.07) is 0.430. The number of fused-ring (bicyclic) bond motifs is 1. The molecule has 3 rings (SSSR count). The molecule has 0 atom stereocenters. The van der Waals surface area contributed by atoms with E-state index in [9.17, 15) is 0 Å². The lowest BCUT2D eigenvalue weighted by molar-refractivity contribution is -0.0295. The van der Waals surface area contributed by atoms with Crippen molar-refractivity contribution < 1.29 is 4.74 Å². The van der Waals surface area contributed by atoms with Gasteiger partial charge < -0.3 is 10.5 Å². The van der Waals surface area contributed by atoms with Gasteiger partial charge in [0.15, 0.2) is 0 Å². The fourth-order valence-electron chi connectivity index (χ4n) is 1.96. The van der Waals surface area contributed by atoms with Crippen LogP contribution in [-0.4, -0.2) is 28.7 Å². The minimum atomic E-state index is 0.430. The standard InChI is InChI=1S/C9H13N3OS/c10-9-7-1-2-14-5-8(7)12(11-9)6-3-13-4-6/h6H,1-5H2,(H2,10,11). The van der Waals surface area contributed by atoms with Crippen molar-refractivity contribution in [2.24, 2.45) is 0 Å². The van der Waals surface area contributed by atoms with Gasteiger partial charge in [0, 0.05) is 11.3 Å². The molecule has 1 fully saturated rings. The van der Waals surface area contributed by atoms with Crippen LogP contribution >= 0.6 is 11.8 Å². The molecule has 0 aliphatic carbocycles. The fourth-order valence-corrected chi connectivity index (χ4v) is 2.95. The van der Waals surface area contributed by atoms with Crippen molar-refractivity contribution in [1.29, 1.82) is 0 Å². The molecule has 0 amide bonds. The molecule has 1 aromatic heterocycles. The Bertz CT molecular complexity index is 359. The zero-order chi connectivity index (χ0) is 9.54. The van der Waals surface area contributed by atoms with Gasteiger partial charge in [-0.15, -0.1) is 0 Å². The molecule has 0 saturated carbocycles. The Balaban J connectivity index is 2.02. The van der Waals surface area contributed by atoms with Crippen LogP contribution in [0.25, 0.3) is 0 Å². The summed E-state index contributed by atoms with van der Waals surface area (Å²) in [5.41, 5.74) is 8.50. The van der Waals surface area contributed by atoms with Crippen LogP contribution in [0.1, 0.15) is 17.3 Å². The highest BCUT2D eigenvalue weighted by Gasteiger charge is 2.28. The van der Waals surface area contributed by atoms with E-state index in [0.717, 1.165) is 31.2 Å². The lowest BCUT2D eigenvalue weighted by Gasteiger charge is -2.28. The summed E-state index contributed by atoms with van der Waals surface area (Å²) in [6.45, 7) is 1.58. The van der Waals surface area contributed by atoms with Gasteiger partial charge in [-0.25, -0.2) is 0 Å². The summed E-state index contributed by atoms with van der Waals surface area (Å²) in [5.74, 6) is 2.95. The topological polar surface area (TPSA) is 53.1 Å². The number of nitrogen functional groups attached to an aromatic ring is 1. The Morgan fingerprint density at radius 3 is 3.07 bits per heavy atom. The summed E-state index contributed by atoms with van der Waals surface area (Å²) in [6.07, 6.45) is 1.07. The van der Waals surface area contributed by atoms with Gasteiger partial charge in [-0.1, -0.05) is 0 Å². The molecule has 1 saturated heterocycles. The van der Waals surface area contributed by atoms with Crippen LogP contribution in [-0.2, 0) is 16.9 Å². The van der Waals surface area contributed by atoms with Crippen molar-refractivity contribution in [3.05, 3.63) is 11.3 Å². The van der Waals surface area contributed by atoms with Crippen molar-refractivity contribution in [1.82, 2.24) is 9.78 Å². The SMILES string of the molecule is Nc1nn(C2COC2)c2c1CCSC2. The highest BCUT2D eigenvalue weighted by atomic mass is 32.2. The number of hydrogen-bond acceptors (Lipinski definition) is 4. The van der Waals surface area contributed by atoms with E-state index in [0.29, 0.717) is 6.04 Å². The maximum atomic E-state index is 5.90. The Morgan fingerprint density at radius 1 is 1.50 bits per heavy atom. The monoisotopic (exact) mass is 211 g/mol. The van der Waals surface area contributed by atoms with Crippen LogP contribution in [0.5, 0.6) is 0 Å². The minimum Gasteiger partial charge on any atom is -0.382 e. The Labute approximate surface area is 86.8 Å². The van der Waals surface area contributed by atoms with E-state index in [-0.39, 0.29) is 0 Å². The van der Waals surface area contributed by atoms with Crippen LogP contribution in [0, 0.1) is 0 Å². The second-order valence-electron chi connectivity index (χ2n) is 3.75. The molecule has 2 N–H and O–H groups in total. The number of rotatable bonds is 1. The largest absolute Gasteiger partial charge is 0.382 e. The smallest absolute Gasteiger partial charge is 0.149 e. The normalized spacial score (nSPS) is 21.7. The van der Waals surface area contributed by atoms with Gasteiger partial charge >= 0.3 is 0 Å². The first-order valence-corrected chi connectivity index (χ1v) is 6.03. The molecule has 0 bridgehead atoms. The average molecular weight is 211 g/mol. The number of hydrogen-bond donors (Lipinski definition) is 1. The maximum absolute atomic E-state index is 5.90. The zero-order valence-electron chi connectivity index (χ0n) is 7.90. The molecule has 0 radical (unpaired) electrons. The summed E-state index contributed by atoms with van der Waals surface area (Å²) >= 11 is 1.96. The molecule has 0 spiro atoms. The van der Waals surface area contributed by atoms with E-state index in [1.807, 2.05) is 11.8 Å². The average Bonchev–Trinajstić information content (AvgIpc) is 2.43. The number of thioether (sulfide) groups is 1. The minimum absolute atomic E-state index is 0.430. The quantitative estimate of drug-likeness (QED) is 0.747. The van der Waals surface area contributed by atoms with Crippen LogP contribution in [0.3, 0.4) is 0 Å². The fraction of sp³-hybridized carbons (Fsp3) is 0.667. The van der Waals surface area contributed by atoms with Gasteiger partial charge in [0.1, 0.15) is 5.82 Å². The molecule has 5 heteroatoms. The van der Waals surface area contributed by atoms with Gasteiger partial charge in [0.2, 0.25) is 0 Å². The van der Waals surface area contributed by atoms with Crippen LogP contribution in [0.4, 0.5) is 5.82 Å². The molecule has 0 unspecified atom stereocenters. The molecule has 2 aliphatic heterocycles. The van der Waals surface area contributed by atoms with Crippen molar-refractivity contribution in [2.45, 2.75) is 18.2 Å². The first-order chi connectivity index (χ1) is 6.86. The number of nitrogens with zero attached hydrogens (tertiary/aromatic N) is 2. The van der Waals surface area contributed by atoms with E-state index < -0.39 is 0 Å². The molecular weight excluding hydrogens is 198 g/mol. The molecule has 3 heterocycles. The maximum Gasteiger partial charge on any atom is 0.149 e. The first-order valence-electron chi connectivity index (χ1n) is 4.87. The van der Waals surface area contributed by atoms with Crippen LogP contribution in [0.2, 0.25) is 0 Å². The lowest BCUT2D eigenvalue weighted by atomic mass is 10.1. The third-order valence-electron chi connectivity index (χ3n) is 2.85. The highest BCUT2D eigenvalue weighted by Crippen LogP contribution is 2.31. The van der Waals surface area contributed by atoms with E-state index in [4.69, 9.17) is 10.5 Å². The molecular formula is C9H13N3OS. The third-order valence-corrected chi connectivity index (χ3v) is 3.82. The Kier molecular flexibility index (Phi) is 1.95. The van der Waals surface area contributed by atoms with E-state index in [1.165, 1.54) is 17.0 Å². The summed E-state index contributed by atoms with van der Waals surface area (Å²) in [7, 11) is 0. The van der Waals surface area contributed by atoms with Crippen molar-refractivity contribution in [3.8, 4) is 0 Å². The lowest BCUT2D eigenvalue weighted by Crippen LogP contribution is -2.32. The number of anilines is 1. The first kappa shape index (κ1) is 8.61. The molecule has 4 nitrogen and oxygen atoms in total. The third kappa shape index (κ3) is 1.15. The predicted octanol–water partition coefficient (Wildman–Crippen LogP) is 0.826. The second-order valence-corrected chi connectivity index (χ2v) is 4.85. The van der Waals surface area contributed by atoms with Crippen LogP contribution in [0.15, 0.2) is 0 Å². The highest BCUT2D eigenvalue weighted by molar-refractivity contribution is 7.98. The summed E-state index contributed by atoms with van der Waals surface area (Å²) in [5, 5.41) is 4.42. The van der Waals surface area contributed by atoms with E-state index in [2.05, 4.69) is 9.78 Å². The second kappa shape index (κ2) is 3.17. The van der Waals surface area contributed by atoms with Gasteiger partial charge in [-0.3, -0.25) is 4.68 Å². The molecule has 1 aromatic rings. The Hall–Kier alpha value is -0.680. The molecule has 0 aromatic carbocycles. The van der Waals surface area contributed by atoms with Gasteiger partial charge in [-0.05, 0) is 12.2 Å². The molecule has 76 valence electrons. The number of nitrogens with two attached hydrogens (primary N) is 1. The van der Waals surface area contributed by atoms with E-state index in [1.54, 1.807) is 0 Å². The summed E-state index contributed by atoms with van der Waals surface area (Å²) in [4.78, 5) is 0. The molecule has 14 heavy (non-hydrogen) atoms. The molecule has 2 aliphatic rings. The van der Waals surface area contributed by atoms with Crippen molar-refractivity contribution in [3.63, 3.8) is 0 Å². The van der Waals surface area contributed by atoms with Gasteiger partial charge in [0.25, 0.3) is 0 Å². The van der Waals surface area contributed by atoms with Crippen molar-refractivity contribution >= 4 is 17.6 Å². The predicted molar refractivity (Wildman–Crippen MR) is 56.4 cm³/mol. The zero-order valence-corrected chi connectivity index (χ0v) is 8.72. The van der Waals surface area contributed by atoms with Gasteiger partial charge in [-0.2, -0.15) is 16.9 Å². The summed E-state index contributed by atoms with van der Waals surface area (Å²) < 4.78 is 7.26. The number of ether oxygens (including phenoxy) is 1. The Morgan fingerprint density at radius 2 is 2.36 bits per heavy atom. The van der Waals surface area contributed by atoms with Crippen LogP contribution < -0.4 is 5.73 Å². The van der Waals surface area contributed by atoms with Crippen molar-refractivity contribution in [2.75, 3.05) is 24.7 Å². The van der Waals surface area contributed by atoms with Gasteiger partial charge in [0.05, 0.1) is 24.9 Å².